The molecule has 0 bridgehead atoms. The van der Waals surface area contributed by atoms with E-state index in [1.807, 2.05) is 61.4 Å². The number of hydrogen-bond donors (Lipinski definition) is 1. The maximum Gasteiger partial charge on any atom is 0.268 e. The first-order valence-corrected chi connectivity index (χ1v) is 9.50. The molecule has 25 heavy (non-hydrogen) atoms. The highest BCUT2D eigenvalue weighted by molar-refractivity contribution is 7.12. The molecule has 1 N–H and O–H groups in total. The Kier molecular flexibility index (Phi) is 4.95. The summed E-state index contributed by atoms with van der Waals surface area (Å²) in [6, 6.07) is 9.64. The predicted molar refractivity (Wildman–Crippen MR) is 103 cm³/mol. The van der Waals surface area contributed by atoms with E-state index in [0.29, 0.717) is 13.0 Å². The minimum Gasteiger partial charge on any atom is -0.326 e. The Morgan fingerprint density at radius 2 is 2.04 bits per heavy atom. The minimum atomic E-state index is -0.0561. The largest absolute Gasteiger partial charge is 0.326 e. The van der Waals surface area contributed by atoms with E-state index in [0.717, 1.165) is 34.7 Å². The molecule has 2 aromatic rings. The fourth-order valence-electron chi connectivity index (χ4n) is 3.08. The molecule has 0 unspecified atom stereocenters. The highest BCUT2D eigenvalue weighted by atomic mass is 32.1. The summed E-state index contributed by atoms with van der Waals surface area (Å²) in [4.78, 5) is 27.6. The minimum absolute atomic E-state index is 0.000562. The van der Waals surface area contributed by atoms with E-state index in [1.54, 1.807) is 0 Å². The van der Waals surface area contributed by atoms with Crippen LogP contribution in [0.5, 0.6) is 0 Å². The van der Waals surface area contributed by atoms with Crippen LogP contribution in [0.25, 0.3) is 0 Å². The van der Waals surface area contributed by atoms with E-state index >= 15 is 0 Å². The zero-order valence-electron chi connectivity index (χ0n) is 15.0. The zero-order chi connectivity index (χ0) is 18.0. The van der Waals surface area contributed by atoms with Crippen LogP contribution in [-0.4, -0.2) is 18.4 Å². The monoisotopic (exact) mass is 356 g/mol. The first-order valence-electron chi connectivity index (χ1n) is 8.62. The van der Waals surface area contributed by atoms with Crippen molar-refractivity contribution in [1.82, 2.24) is 0 Å². The average Bonchev–Trinajstić information content (AvgIpc) is 3.06. The molecule has 0 saturated carbocycles. The second kappa shape index (κ2) is 7.00. The van der Waals surface area contributed by atoms with Gasteiger partial charge < -0.3 is 10.2 Å². The summed E-state index contributed by atoms with van der Waals surface area (Å²) in [6.45, 7) is 6.84. The molecule has 1 aromatic heterocycles. The van der Waals surface area contributed by atoms with Crippen LogP contribution in [0.15, 0.2) is 35.7 Å². The number of benzene rings is 1. The van der Waals surface area contributed by atoms with Gasteiger partial charge in [-0.2, -0.15) is 0 Å². The molecule has 0 saturated heterocycles. The third-order valence-electron chi connectivity index (χ3n) is 4.16. The van der Waals surface area contributed by atoms with Crippen molar-refractivity contribution in [3.8, 4) is 0 Å². The predicted octanol–water partition coefficient (Wildman–Crippen LogP) is 4.72. The van der Waals surface area contributed by atoms with Crippen molar-refractivity contribution in [2.24, 2.45) is 5.41 Å². The quantitative estimate of drug-likeness (QED) is 0.865. The number of nitrogens with zero attached hydrogens (tertiary/aromatic N) is 1. The van der Waals surface area contributed by atoms with E-state index in [4.69, 9.17) is 0 Å². The molecule has 0 spiro atoms. The molecule has 1 aromatic carbocycles. The summed E-state index contributed by atoms with van der Waals surface area (Å²) in [6.07, 6.45) is 2.38. The zero-order valence-corrected chi connectivity index (χ0v) is 15.8. The Hall–Kier alpha value is -2.14. The molecule has 1 aliphatic heterocycles. The lowest BCUT2D eigenvalue weighted by atomic mass is 9.92. The number of carbonyl (C=O) groups is 2. The standard InChI is InChI=1S/C20H24N2O2S/c1-20(2,3)13-18(23)21-15-9-8-14-6-4-10-22(16(14)12-15)19(24)17-7-5-11-25-17/h5,7-9,11-12H,4,6,10,13H2,1-3H3,(H,21,23). The van der Waals surface area contributed by atoms with Crippen LogP contribution in [0.3, 0.4) is 0 Å². The summed E-state index contributed by atoms with van der Waals surface area (Å²) in [7, 11) is 0. The van der Waals surface area contributed by atoms with Gasteiger partial charge in [0, 0.05) is 24.3 Å². The second-order valence-electron chi connectivity index (χ2n) is 7.67. The van der Waals surface area contributed by atoms with E-state index in [2.05, 4.69) is 5.32 Å². The topological polar surface area (TPSA) is 49.4 Å². The Morgan fingerprint density at radius 3 is 2.72 bits per heavy atom. The molecule has 2 amide bonds. The number of nitrogens with one attached hydrogen (secondary N) is 1. The lowest BCUT2D eigenvalue weighted by Crippen LogP contribution is -2.35. The third-order valence-corrected chi connectivity index (χ3v) is 5.01. The maximum atomic E-state index is 12.8. The van der Waals surface area contributed by atoms with Crippen molar-refractivity contribution in [3.63, 3.8) is 0 Å². The van der Waals surface area contributed by atoms with Crippen LogP contribution in [0.1, 0.15) is 48.8 Å². The molecule has 0 fully saturated rings. The second-order valence-corrected chi connectivity index (χ2v) is 8.61. The smallest absolute Gasteiger partial charge is 0.268 e. The van der Waals surface area contributed by atoms with Gasteiger partial charge in [-0.05, 0) is 47.4 Å². The number of hydrogen-bond acceptors (Lipinski definition) is 3. The number of anilines is 2. The number of aryl methyl sites for hydroxylation is 1. The summed E-state index contributed by atoms with van der Waals surface area (Å²) in [5, 5.41) is 4.89. The van der Waals surface area contributed by atoms with E-state index in [-0.39, 0.29) is 17.2 Å². The van der Waals surface area contributed by atoms with Crippen molar-refractivity contribution in [2.45, 2.75) is 40.0 Å². The molecule has 4 nitrogen and oxygen atoms in total. The number of fused-ring (bicyclic) bond motifs is 1. The SMILES string of the molecule is CC(C)(C)CC(=O)Nc1ccc2c(c1)N(C(=O)c1cccs1)CCC2. The Balaban J connectivity index is 1.83. The third kappa shape index (κ3) is 4.28. The van der Waals surface area contributed by atoms with Gasteiger partial charge in [-0.15, -0.1) is 11.3 Å². The van der Waals surface area contributed by atoms with Crippen LogP contribution in [0.4, 0.5) is 11.4 Å². The molecule has 0 atom stereocenters. The molecular formula is C20H24N2O2S. The van der Waals surface area contributed by atoms with Crippen LogP contribution in [-0.2, 0) is 11.2 Å². The first-order chi connectivity index (χ1) is 11.8. The van der Waals surface area contributed by atoms with Crippen molar-refractivity contribution in [1.29, 1.82) is 0 Å². The number of thiophene rings is 1. The lowest BCUT2D eigenvalue weighted by Gasteiger charge is -2.29. The van der Waals surface area contributed by atoms with Crippen molar-refractivity contribution < 1.29 is 9.59 Å². The highest BCUT2D eigenvalue weighted by Gasteiger charge is 2.25. The number of carbonyl (C=O) groups excluding carboxylic acids is 2. The lowest BCUT2D eigenvalue weighted by molar-refractivity contribution is -0.117. The number of rotatable bonds is 3. The van der Waals surface area contributed by atoms with Crippen LogP contribution >= 0.6 is 11.3 Å². The van der Waals surface area contributed by atoms with Gasteiger partial charge in [0.05, 0.1) is 4.88 Å². The molecule has 5 heteroatoms. The molecule has 132 valence electrons. The highest BCUT2D eigenvalue weighted by Crippen LogP contribution is 2.32. The molecule has 2 heterocycles. The Labute approximate surface area is 152 Å². The Bertz CT molecular complexity index is 775. The van der Waals surface area contributed by atoms with Gasteiger partial charge in [0.2, 0.25) is 5.91 Å². The normalized spacial score (nSPS) is 14.1. The molecule has 1 aliphatic rings. The summed E-state index contributed by atoms with van der Waals surface area (Å²) >= 11 is 1.46. The van der Waals surface area contributed by atoms with Crippen LogP contribution in [0, 0.1) is 5.41 Å². The van der Waals surface area contributed by atoms with Crippen LogP contribution < -0.4 is 10.2 Å². The first kappa shape index (κ1) is 17.7. The van der Waals surface area contributed by atoms with Crippen molar-refractivity contribution >= 4 is 34.5 Å². The van der Waals surface area contributed by atoms with Gasteiger partial charge in [-0.1, -0.05) is 32.9 Å². The van der Waals surface area contributed by atoms with E-state index in [1.165, 1.54) is 11.3 Å². The van der Waals surface area contributed by atoms with E-state index < -0.39 is 0 Å². The summed E-state index contributed by atoms with van der Waals surface area (Å²) in [5.41, 5.74) is 2.77. The fourth-order valence-corrected chi connectivity index (χ4v) is 3.76. The van der Waals surface area contributed by atoms with Gasteiger partial charge in [0.15, 0.2) is 0 Å². The summed E-state index contributed by atoms with van der Waals surface area (Å²) < 4.78 is 0. The van der Waals surface area contributed by atoms with Crippen molar-refractivity contribution in [3.05, 3.63) is 46.2 Å². The van der Waals surface area contributed by atoms with E-state index in [9.17, 15) is 9.59 Å². The van der Waals surface area contributed by atoms with Gasteiger partial charge in [-0.3, -0.25) is 9.59 Å². The fraction of sp³-hybridized carbons (Fsp3) is 0.400. The van der Waals surface area contributed by atoms with Crippen molar-refractivity contribution in [2.75, 3.05) is 16.8 Å². The van der Waals surface area contributed by atoms with Gasteiger partial charge >= 0.3 is 0 Å². The molecular weight excluding hydrogens is 332 g/mol. The molecule has 0 aliphatic carbocycles. The maximum absolute atomic E-state index is 12.8. The van der Waals surface area contributed by atoms with Gasteiger partial charge in [0.25, 0.3) is 5.91 Å². The van der Waals surface area contributed by atoms with Gasteiger partial charge in [0.1, 0.15) is 0 Å². The number of amides is 2. The Morgan fingerprint density at radius 1 is 1.24 bits per heavy atom. The summed E-state index contributed by atoms with van der Waals surface area (Å²) in [5.74, 6) is 0.0357. The van der Waals surface area contributed by atoms with Crippen LogP contribution in [0.2, 0.25) is 0 Å². The van der Waals surface area contributed by atoms with Gasteiger partial charge in [-0.25, -0.2) is 0 Å². The molecule has 0 radical (unpaired) electrons. The average molecular weight is 356 g/mol. The molecule has 3 rings (SSSR count).